The molecular formula is C17H15ClO5. The van der Waals surface area contributed by atoms with Crippen molar-refractivity contribution in [1.82, 2.24) is 0 Å². The first-order valence-corrected chi connectivity index (χ1v) is 7.22. The highest BCUT2D eigenvalue weighted by molar-refractivity contribution is 6.30. The summed E-state index contributed by atoms with van der Waals surface area (Å²) in [5.41, 5.74) is 0.324. The molecule has 0 spiro atoms. The van der Waals surface area contributed by atoms with Gasteiger partial charge in [-0.2, -0.15) is 0 Å². The van der Waals surface area contributed by atoms with Crippen molar-refractivity contribution in [3.63, 3.8) is 0 Å². The molecule has 6 heteroatoms. The minimum atomic E-state index is -0.606. The quantitative estimate of drug-likeness (QED) is 0.598. The van der Waals surface area contributed by atoms with Crippen molar-refractivity contribution in [2.45, 2.75) is 0 Å². The summed E-state index contributed by atoms with van der Waals surface area (Å²) in [5, 5.41) is 0.614. The van der Waals surface area contributed by atoms with Crippen molar-refractivity contribution in [2.75, 3.05) is 20.3 Å². The monoisotopic (exact) mass is 334 g/mol. The van der Waals surface area contributed by atoms with Crippen molar-refractivity contribution in [1.29, 1.82) is 0 Å². The lowest BCUT2D eigenvalue weighted by Crippen LogP contribution is -2.16. The molecule has 2 rings (SSSR count). The Balaban J connectivity index is 1.88. The van der Waals surface area contributed by atoms with Crippen LogP contribution in [0, 0.1) is 0 Å². The molecular weight excluding hydrogens is 320 g/mol. The summed E-state index contributed by atoms with van der Waals surface area (Å²) in [5.74, 6) is -0.568. The van der Waals surface area contributed by atoms with Crippen molar-refractivity contribution < 1.29 is 23.8 Å². The zero-order valence-electron chi connectivity index (χ0n) is 12.5. The van der Waals surface area contributed by atoms with Gasteiger partial charge in [-0.05, 0) is 36.4 Å². The molecule has 5 nitrogen and oxygen atoms in total. The summed E-state index contributed by atoms with van der Waals surface area (Å²) in [6, 6.07) is 13.2. The summed E-state index contributed by atoms with van der Waals surface area (Å²) >= 11 is 5.77. The Morgan fingerprint density at radius 3 is 2.13 bits per heavy atom. The molecule has 0 bridgehead atoms. The molecule has 120 valence electrons. The third-order valence-electron chi connectivity index (χ3n) is 2.95. The molecule has 0 aliphatic rings. The zero-order chi connectivity index (χ0) is 16.7. The van der Waals surface area contributed by atoms with E-state index < -0.39 is 11.9 Å². The number of benzene rings is 2. The van der Waals surface area contributed by atoms with Crippen LogP contribution in [0.3, 0.4) is 0 Å². The molecule has 0 fully saturated rings. The number of hydrogen-bond acceptors (Lipinski definition) is 5. The van der Waals surface area contributed by atoms with Gasteiger partial charge in [0.15, 0.2) is 0 Å². The van der Waals surface area contributed by atoms with Gasteiger partial charge in [0.2, 0.25) is 0 Å². The number of ether oxygens (including phenoxy) is 3. The highest BCUT2D eigenvalue weighted by Gasteiger charge is 2.17. The van der Waals surface area contributed by atoms with Crippen LogP contribution in [0.1, 0.15) is 20.7 Å². The first-order valence-electron chi connectivity index (χ1n) is 6.84. The maximum atomic E-state index is 12.0. The van der Waals surface area contributed by atoms with Crippen LogP contribution in [0.25, 0.3) is 0 Å². The Bertz CT molecular complexity index is 682. The Labute approximate surface area is 138 Å². The van der Waals surface area contributed by atoms with Crippen LogP contribution in [0.5, 0.6) is 5.75 Å². The maximum Gasteiger partial charge on any atom is 0.339 e. The number of halogens is 1. The first kappa shape index (κ1) is 16.8. The van der Waals surface area contributed by atoms with Crippen molar-refractivity contribution >= 4 is 23.5 Å². The predicted octanol–water partition coefficient (Wildman–Crippen LogP) is 3.36. The molecule has 2 aromatic carbocycles. The number of carbonyl (C=O) groups excluding carboxylic acids is 2. The number of carbonyl (C=O) groups is 2. The largest absolute Gasteiger partial charge is 0.490 e. The summed E-state index contributed by atoms with van der Waals surface area (Å²) in [6.07, 6.45) is 0. The third-order valence-corrected chi connectivity index (χ3v) is 3.20. The van der Waals surface area contributed by atoms with Gasteiger partial charge < -0.3 is 14.2 Å². The molecule has 0 N–H and O–H groups in total. The molecule has 0 heterocycles. The van der Waals surface area contributed by atoms with E-state index in [1.54, 1.807) is 36.4 Å². The normalized spacial score (nSPS) is 10.0. The van der Waals surface area contributed by atoms with Gasteiger partial charge in [-0.25, -0.2) is 9.59 Å². The number of methoxy groups -OCH3 is 1. The molecule has 0 aliphatic carbocycles. The molecule has 0 saturated heterocycles. The Kier molecular flexibility index (Phi) is 6.00. The summed E-state index contributed by atoms with van der Waals surface area (Å²) in [7, 11) is 1.25. The standard InChI is InChI=1S/C17H15ClO5/c1-21-16(19)14-4-2-3-5-15(14)17(20)23-11-10-22-13-8-6-12(18)7-9-13/h2-9H,10-11H2,1H3. The maximum absolute atomic E-state index is 12.0. The fourth-order valence-electron chi connectivity index (χ4n) is 1.85. The summed E-state index contributed by atoms with van der Waals surface area (Å²) in [4.78, 5) is 23.7. The van der Waals surface area contributed by atoms with E-state index in [1.807, 2.05) is 0 Å². The van der Waals surface area contributed by atoms with E-state index in [0.717, 1.165) is 0 Å². The molecule has 0 unspecified atom stereocenters. The average molecular weight is 335 g/mol. The van der Waals surface area contributed by atoms with Crippen LogP contribution in [0.15, 0.2) is 48.5 Å². The Morgan fingerprint density at radius 2 is 1.52 bits per heavy atom. The van der Waals surface area contributed by atoms with Crippen molar-refractivity contribution in [3.05, 3.63) is 64.7 Å². The SMILES string of the molecule is COC(=O)c1ccccc1C(=O)OCCOc1ccc(Cl)cc1. The molecule has 0 atom stereocenters. The number of rotatable bonds is 6. The van der Waals surface area contributed by atoms with Gasteiger partial charge in [-0.1, -0.05) is 23.7 Å². The summed E-state index contributed by atoms with van der Waals surface area (Å²) in [6.45, 7) is 0.241. The molecule has 0 saturated carbocycles. The number of hydrogen-bond donors (Lipinski definition) is 0. The second-order valence-corrected chi connectivity index (χ2v) is 4.91. The van der Waals surface area contributed by atoms with Gasteiger partial charge in [-0.15, -0.1) is 0 Å². The van der Waals surface area contributed by atoms with E-state index >= 15 is 0 Å². The van der Waals surface area contributed by atoms with Crippen LogP contribution in [0.2, 0.25) is 5.02 Å². The molecule has 0 aliphatic heterocycles. The van der Waals surface area contributed by atoms with Crippen LogP contribution in [0.4, 0.5) is 0 Å². The van der Waals surface area contributed by atoms with E-state index in [0.29, 0.717) is 10.8 Å². The van der Waals surface area contributed by atoms with Gasteiger partial charge in [0.25, 0.3) is 0 Å². The second-order valence-electron chi connectivity index (χ2n) is 4.48. The lowest BCUT2D eigenvalue weighted by molar-refractivity contribution is 0.0438. The Morgan fingerprint density at radius 1 is 0.913 bits per heavy atom. The van der Waals surface area contributed by atoms with Gasteiger partial charge in [0, 0.05) is 5.02 Å². The molecule has 0 amide bonds. The average Bonchev–Trinajstić information content (AvgIpc) is 2.59. The summed E-state index contributed by atoms with van der Waals surface area (Å²) < 4.78 is 15.2. The smallest absolute Gasteiger partial charge is 0.339 e. The molecule has 0 aromatic heterocycles. The zero-order valence-corrected chi connectivity index (χ0v) is 13.2. The van der Waals surface area contributed by atoms with E-state index in [2.05, 4.69) is 4.74 Å². The predicted molar refractivity (Wildman–Crippen MR) is 85.0 cm³/mol. The lowest BCUT2D eigenvalue weighted by Gasteiger charge is -2.09. The van der Waals surface area contributed by atoms with Crippen LogP contribution < -0.4 is 4.74 Å². The fourth-order valence-corrected chi connectivity index (χ4v) is 1.98. The van der Waals surface area contributed by atoms with Gasteiger partial charge in [-0.3, -0.25) is 0 Å². The number of esters is 2. The van der Waals surface area contributed by atoms with Crippen molar-refractivity contribution in [3.8, 4) is 5.75 Å². The van der Waals surface area contributed by atoms with Crippen molar-refractivity contribution in [2.24, 2.45) is 0 Å². The second kappa shape index (κ2) is 8.19. The van der Waals surface area contributed by atoms with Crippen LogP contribution in [-0.4, -0.2) is 32.3 Å². The molecule has 2 aromatic rings. The van der Waals surface area contributed by atoms with Crippen LogP contribution in [-0.2, 0) is 9.47 Å². The molecule has 0 radical (unpaired) electrons. The lowest BCUT2D eigenvalue weighted by atomic mass is 10.1. The van der Waals surface area contributed by atoms with E-state index in [9.17, 15) is 9.59 Å². The van der Waals surface area contributed by atoms with E-state index in [-0.39, 0.29) is 24.3 Å². The highest BCUT2D eigenvalue weighted by Crippen LogP contribution is 2.15. The minimum Gasteiger partial charge on any atom is -0.490 e. The minimum absolute atomic E-state index is 0.0525. The van der Waals surface area contributed by atoms with Gasteiger partial charge in [0.05, 0.1) is 18.2 Å². The topological polar surface area (TPSA) is 61.8 Å². The molecule has 23 heavy (non-hydrogen) atoms. The third kappa shape index (κ3) is 4.72. The van der Waals surface area contributed by atoms with Crippen LogP contribution >= 0.6 is 11.6 Å². The fraction of sp³-hybridized carbons (Fsp3) is 0.176. The first-order chi connectivity index (χ1) is 11.1. The highest BCUT2D eigenvalue weighted by atomic mass is 35.5. The van der Waals surface area contributed by atoms with E-state index in [4.69, 9.17) is 21.1 Å². The Hall–Kier alpha value is -2.53. The van der Waals surface area contributed by atoms with Gasteiger partial charge >= 0.3 is 11.9 Å². The van der Waals surface area contributed by atoms with Gasteiger partial charge in [0.1, 0.15) is 19.0 Å². The van der Waals surface area contributed by atoms with E-state index in [1.165, 1.54) is 19.2 Å².